The number of hydrogen-bond acceptors (Lipinski definition) is 6. The van der Waals surface area contributed by atoms with Crippen LogP contribution in [0.3, 0.4) is 0 Å². The molecule has 2 saturated carbocycles. The highest BCUT2D eigenvalue weighted by Gasteiger charge is 2.64. The lowest BCUT2D eigenvalue weighted by Gasteiger charge is -2.56. The molecule has 1 aromatic carbocycles. The van der Waals surface area contributed by atoms with Crippen molar-refractivity contribution in [3.05, 3.63) is 58.2 Å². The fraction of sp³-hybridized carbons (Fsp3) is 0.645. The maximum atomic E-state index is 13.5. The number of halogens is 3. The molecule has 4 aliphatic carbocycles. The van der Waals surface area contributed by atoms with E-state index >= 15 is 0 Å². The Balaban J connectivity index is 1.46. The van der Waals surface area contributed by atoms with Crippen molar-refractivity contribution in [3.63, 3.8) is 0 Å². The number of allylic oxidation sites excluding steroid dienone is 3. The maximum Gasteiger partial charge on any atom is 0.437 e. The monoisotopic (exact) mass is 593 g/mol. The minimum atomic E-state index is -4.73. The van der Waals surface area contributed by atoms with Crippen LogP contribution in [-0.2, 0) is 9.47 Å². The second kappa shape index (κ2) is 10.4. The van der Waals surface area contributed by atoms with Crippen molar-refractivity contribution >= 4 is 29.2 Å². The van der Waals surface area contributed by atoms with Crippen LogP contribution >= 0.6 is 23.5 Å². The van der Waals surface area contributed by atoms with Gasteiger partial charge in [-0.05, 0) is 73.5 Å². The van der Waals surface area contributed by atoms with Gasteiger partial charge >= 0.3 is 6.18 Å². The van der Waals surface area contributed by atoms with Crippen LogP contribution in [0.25, 0.3) is 0 Å². The van der Waals surface area contributed by atoms with E-state index in [2.05, 4.69) is 41.7 Å². The molecule has 0 unspecified atom stereocenters. The minimum Gasteiger partial charge on any atom is -0.410 e. The van der Waals surface area contributed by atoms with Gasteiger partial charge in [0.2, 0.25) is 0 Å². The molecule has 0 aromatic heterocycles. The number of rotatable bonds is 5. The van der Waals surface area contributed by atoms with Crippen molar-refractivity contribution < 1.29 is 27.9 Å². The summed E-state index contributed by atoms with van der Waals surface area (Å²) in [5.41, 5.74) is 3.65. The van der Waals surface area contributed by atoms with Gasteiger partial charge in [-0.15, -0.1) is 23.5 Å². The molecule has 0 amide bonds. The molecule has 1 N–H and O–H groups in total. The van der Waals surface area contributed by atoms with Crippen molar-refractivity contribution in [1.29, 1.82) is 0 Å². The second-order valence-corrected chi connectivity index (χ2v) is 15.4. The Morgan fingerprint density at radius 1 is 1.07 bits per heavy atom. The van der Waals surface area contributed by atoms with E-state index < -0.39 is 17.5 Å². The summed E-state index contributed by atoms with van der Waals surface area (Å²) >= 11 is 4.18. The number of hydrogen-bond donors (Lipinski definition) is 1. The zero-order valence-corrected chi connectivity index (χ0v) is 25.0. The van der Waals surface area contributed by atoms with E-state index in [1.807, 2.05) is 12.1 Å². The molecule has 5 atom stereocenters. The summed E-state index contributed by atoms with van der Waals surface area (Å²) in [5, 5.41) is 11.7. The summed E-state index contributed by atoms with van der Waals surface area (Å²) in [6.45, 7) is 2.90. The number of ether oxygens (including phenoxy) is 2. The Hall–Kier alpha value is -1.42. The van der Waals surface area contributed by atoms with Gasteiger partial charge in [-0.1, -0.05) is 48.0 Å². The van der Waals surface area contributed by atoms with Gasteiger partial charge in [-0.2, -0.15) is 13.2 Å². The molecule has 9 heteroatoms. The number of benzene rings is 1. The van der Waals surface area contributed by atoms with Gasteiger partial charge in [0.1, 0.15) is 0 Å². The van der Waals surface area contributed by atoms with E-state index in [0.29, 0.717) is 18.4 Å². The Morgan fingerprint density at radius 3 is 2.42 bits per heavy atom. The van der Waals surface area contributed by atoms with Crippen molar-refractivity contribution in [2.75, 3.05) is 32.3 Å². The van der Waals surface area contributed by atoms with Gasteiger partial charge in [-0.3, -0.25) is 0 Å². The summed E-state index contributed by atoms with van der Waals surface area (Å²) in [6, 6.07) is 6.55. The zero-order chi connectivity index (χ0) is 28.3. The van der Waals surface area contributed by atoms with Gasteiger partial charge in [-0.25, -0.2) is 0 Å². The maximum absolute atomic E-state index is 13.5. The Kier molecular flexibility index (Phi) is 7.45. The van der Waals surface area contributed by atoms with E-state index in [1.165, 1.54) is 40.4 Å². The molecule has 6 rings (SSSR count). The molecule has 0 radical (unpaired) electrons. The lowest BCUT2D eigenvalue weighted by Crippen LogP contribution is -2.54. The first kappa shape index (κ1) is 28.7. The average Bonchev–Trinajstić information content (AvgIpc) is 3.50. The fourth-order valence-electron chi connectivity index (χ4n) is 8.87. The van der Waals surface area contributed by atoms with Gasteiger partial charge in [0.25, 0.3) is 0 Å². The minimum absolute atomic E-state index is 0.0850. The summed E-state index contributed by atoms with van der Waals surface area (Å²) in [6.07, 6.45) is 5.16. The first-order chi connectivity index (χ1) is 19.1. The van der Waals surface area contributed by atoms with E-state index in [0.717, 1.165) is 50.5 Å². The first-order valence-corrected chi connectivity index (χ1v) is 16.2. The third-order valence-corrected chi connectivity index (χ3v) is 14.1. The third kappa shape index (κ3) is 4.40. The fourth-order valence-corrected chi connectivity index (χ4v) is 12.0. The van der Waals surface area contributed by atoms with Crippen LogP contribution in [0, 0.1) is 17.3 Å². The lowest BCUT2D eigenvalue weighted by atomic mass is 9.51. The van der Waals surface area contributed by atoms with Crippen LogP contribution in [0.15, 0.2) is 52.2 Å². The van der Waals surface area contributed by atoms with Crippen LogP contribution in [0.1, 0.15) is 68.9 Å². The van der Waals surface area contributed by atoms with E-state index in [4.69, 9.17) is 14.7 Å². The molecule has 1 saturated heterocycles. The SMILES string of the molecule is COC[C@]1(OC)CC[C@H]2[C@@H]3CCC4=CC5(CCC4=C3[C@@H](c3ccc(/C(=N/O)C(F)(F)F)cc3)C[C@@]21C)SCCS5. The van der Waals surface area contributed by atoms with E-state index in [9.17, 15) is 13.2 Å². The molecule has 1 heterocycles. The third-order valence-electron chi connectivity index (χ3n) is 10.7. The predicted octanol–water partition coefficient (Wildman–Crippen LogP) is 7.97. The van der Waals surface area contributed by atoms with Gasteiger partial charge in [0, 0.05) is 42.6 Å². The highest BCUT2D eigenvalue weighted by molar-refractivity contribution is 8.21. The smallest absolute Gasteiger partial charge is 0.410 e. The first-order valence-electron chi connectivity index (χ1n) is 14.3. The predicted molar refractivity (Wildman–Crippen MR) is 155 cm³/mol. The topological polar surface area (TPSA) is 51.0 Å². The zero-order valence-electron chi connectivity index (χ0n) is 23.4. The van der Waals surface area contributed by atoms with Crippen molar-refractivity contribution in [2.45, 2.75) is 73.6 Å². The molecular weight excluding hydrogens is 555 g/mol. The molecule has 5 aliphatic rings. The number of thioether (sulfide) groups is 2. The quantitative estimate of drug-likeness (QED) is 0.213. The molecule has 1 aromatic rings. The summed E-state index contributed by atoms with van der Waals surface area (Å²) in [5.74, 6) is 3.39. The highest BCUT2D eigenvalue weighted by atomic mass is 32.2. The largest absolute Gasteiger partial charge is 0.437 e. The molecule has 1 spiro atoms. The molecule has 1 aliphatic heterocycles. The van der Waals surface area contributed by atoms with Crippen molar-refractivity contribution in [1.82, 2.24) is 0 Å². The van der Waals surface area contributed by atoms with Crippen molar-refractivity contribution in [2.24, 2.45) is 22.4 Å². The normalized spacial score (nSPS) is 35.4. The summed E-state index contributed by atoms with van der Waals surface area (Å²) in [4.78, 5) is 0. The standard InChI is InChI=1S/C31H38F3NO3S2/c1-28-17-24(19-4-6-20(7-5-19)27(35-36)31(32,33)34)26-22-10-13-30(39-14-15-40-30)16-21(22)8-9-23(26)25(28)11-12-29(28,38-3)18-37-2/h4-7,16,23-25,36H,8-15,17-18H2,1-3H3/b35-27-/t23-,24+,25-,28-,29+/m0/s1. The molecule has 4 nitrogen and oxygen atoms in total. The number of fused-ring (bicyclic) bond motifs is 4. The number of oxime groups is 1. The Morgan fingerprint density at radius 2 is 1.80 bits per heavy atom. The molecule has 218 valence electrons. The number of methoxy groups -OCH3 is 2. The van der Waals surface area contributed by atoms with Gasteiger partial charge in [0.05, 0.1) is 16.3 Å². The molecule has 40 heavy (non-hydrogen) atoms. The lowest BCUT2D eigenvalue weighted by molar-refractivity contribution is -0.149. The molecule has 3 fully saturated rings. The molecule has 0 bridgehead atoms. The van der Waals surface area contributed by atoms with Gasteiger partial charge < -0.3 is 14.7 Å². The van der Waals surface area contributed by atoms with Gasteiger partial charge in [0.15, 0.2) is 5.71 Å². The van der Waals surface area contributed by atoms with Crippen LogP contribution in [0.4, 0.5) is 13.2 Å². The average molecular weight is 594 g/mol. The van der Waals surface area contributed by atoms with Crippen LogP contribution in [0.2, 0.25) is 0 Å². The second-order valence-electron chi connectivity index (χ2n) is 12.3. The van der Waals surface area contributed by atoms with E-state index in [1.54, 1.807) is 14.2 Å². The Labute approximate surface area is 243 Å². The van der Waals surface area contributed by atoms with Crippen LogP contribution < -0.4 is 0 Å². The van der Waals surface area contributed by atoms with Crippen LogP contribution in [0.5, 0.6) is 0 Å². The van der Waals surface area contributed by atoms with Crippen molar-refractivity contribution in [3.8, 4) is 0 Å². The summed E-state index contributed by atoms with van der Waals surface area (Å²) < 4.78 is 52.6. The summed E-state index contributed by atoms with van der Waals surface area (Å²) in [7, 11) is 3.54. The number of nitrogens with zero attached hydrogens (tertiary/aromatic N) is 1. The highest BCUT2D eigenvalue weighted by Crippen LogP contribution is 2.68. The number of alkyl halides is 3. The van der Waals surface area contributed by atoms with E-state index in [-0.39, 0.29) is 21.0 Å². The van der Waals surface area contributed by atoms with Crippen LogP contribution in [-0.4, -0.2) is 59.1 Å². The Bertz CT molecular complexity index is 1240. The molecular formula is C31H38F3NO3S2.